The molecule has 2 fully saturated rings. The molecule has 0 bridgehead atoms. The highest BCUT2D eigenvalue weighted by Crippen LogP contribution is 2.45. The first-order valence-corrected chi connectivity index (χ1v) is 16.5. The Morgan fingerprint density at radius 1 is 1.00 bits per heavy atom. The molecule has 2 aliphatic carbocycles. The normalized spacial score (nSPS) is 15.6. The molecule has 0 saturated heterocycles. The van der Waals surface area contributed by atoms with Gasteiger partial charge in [0.05, 0.1) is 40.8 Å². The maximum absolute atomic E-state index is 13.3. The van der Waals surface area contributed by atoms with E-state index in [1.807, 2.05) is 0 Å². The third kappa shape index (κ3) is 8.22. The van der Waals surface area contributed by atoms with E-state index in [0.717, 1.165) is 31.9 Å². The number of hydrogen-bond donors (Lipinski definition) is 2. The van der Waals surface area contributed by atoms with Gasteiger partial charge in [0.2, 0.25) is 10.0 Å². The number of hydrogen-bond acceptors (Lipinski definition) is 7. The van der Waals surface area contributed by atoms with Crippen molar-refractivity contribution in [2.45, 2.75) is 44.6 Å². The number of carbonyl (C=O) groups is 1. The van der Waals surface area contributed by atoms with Gasteiger partial charge in [-0.2, -0.15) is 8.78 Å². The number of nitrogens with one attached hydrogen (secondary N) is 1. The summed E-state index contributed by atoms with van der Waals surface area (Å²) in [5.74, 6) is -1.71. The highest BCUT2D eigenvalue weighted by atomic mass is 35.5. The lowest BCUT2D eigenvalue weighted by atomic mass is 9.82. The van der Waals surface area contributed by atoms with Crippen molar-refractivity contribution in [3.05, 3.63) is 75.0 Å². The second-order valence-corrected chi connectivity index (χ2v) is 13.6. The second kappa shape index (κ2) is 13.3. The first-order chi connectivity index (χ1) is 20.9. The monoisotopic (exact) mass is 670 g/mol. The lowest BCUT2D eigenvalue weighted by Gasteiger charge is -2.26. The minimum Gasteiger partial charge on any atom is -0.491 e. The first kappa shape index (κ1) is 32.1. The summed E-state index contributed by atoms with van der Waals surface area (Å²) in [6, 6.07) is 7.04. The molecule has 14 heteroatoms. The number of carboxylic acids is 1. The van der Waals surface area contributed by atoms with Crippen molar-refractivity contribution >= 4 is 44.9 Å². The molecule has 3 aromatic rings. The number of nitrogens with zero attached hydrogens (tertiary/aromatic N) is 1. The number of carboxylic acid groups (broad SMARTS) is 1. The Kier molecular flexibility index (Phi) is 9.71. The summed E-state index contributed by atoms with van der Waals surface area (Å²) in [6.45, 7) is -2.52. The average Bonchev–Trinajstić information content (AvgIpc) is 3.87. The molecule has 2 saturated carbocycles. The zero-order valence-electron chi connectivity index (χ0n) is 23.6. The Labute approximate surface area is 263 Å². The van der Waals surface area contributed by atoms with Crippen LogP contribution in [0.15, 0.2) is 42.7 Å². The van der Waals surface area contributed by atoms with Crippen LogP contribution in [0.2, 0.25) is 10.0 Å². The van der Waals surface area contributed by atoms with Gasteiger partial charge < -0.3 is 19.3 Å². The lowest BCUT2D eigenvalue weighted by Crippen LogP contribution is -2.19. The largest absolute Gasteiger partial charge is 0.491 e. The third-order valence-electron chi connectivity index (χ3n) is 7.36. The van der Waals surface area contributed by atoms with Gasteiger partial charge in [-0.15, -0.1) is 0 Å². The Hall–Kier alpha value is -3.35. The molecule has 2 aliphatic rings. The summed E-state index contributed by atoms with van der Waals surface area (Å²) in [5.41, 5.74) is 0.602. The topological polar surface area (TPSA) is 124 Å². The van der Waals surface area contributed by atoms with Crippen LogP contribution in [0, 0.1) is 11.8 Å². The van der Waals surface area contributed by atoms with Crippen molar-refractivity contribution in [3.8, 4) is 17.2 Å². The minimum absolute atomic E-state index is 0.0257. The molecule has 0 amide bonds. The number of aromatic nitrogens is 1. The smallest absolute Gasteiger partial charge is 0.387 e. The number of sulfonamides is 1. The van der Waals surface area contributed by atoms with Gasteiger partial charge in [-0.3, -0.25) is 9.71 Å². The van der Waals surface area contributed by atoms with Crippen LogP contribution < -0.4 is 18.9 Å². The highest BCUT2D eigenvalue weighted by Gasteiger charge is 2.32. The van der Waals surface area contributed by atoms with Crippen LogP contribution >= 0.6 is 23.2 Å². The zero-order chi connectivity index (χ0) is 31.6. The summed E-state index contributed by atoms with van der Waals surface area (Å²) >= 11 is 13.0. The molecule has 1 aromatic heterocycles. The van der Waals surface area contributed by atoms with Crippen molar-refractivity contribution in [1.29, 1.82) is 0 Å². The van der Waals surface area contributed by atoms with E-state index in [9.17, 15) is 27.1 Å². The second-order valence-electron chi connectivity index (χ2n) is 11.0. The number of ether oxygens (including phenoxy) is 3. The molecule has 9 nitrogen and oxygen atoms in total. The Morgan fingerprint density at radius 3 is 2.14 bits per heavy atom. The summed E-state index contributed by atoms with van der Waals surface area (Å²) in [6.07, 6.45) is 7.51. The molecule has 1 atom stereocenters. The SMILES string of the molecule is CS(=O)(=O)Nc1c(OCC2CC2)ccc(C(=O)O)c1C(Cc1c(Cl)cncc1Cl)c1ccc(OC(F)F)c(OCC2CC2)c1. The van der Waals surface area contributed by atoms with Crippen molar-refractivity contribution < 1.29 is 41.3 Å². The predicted molar refractivity (Wildman–Crippen MR) is 161 cm³/mol. The van der Waals surface area contributed by atoms with Gasteiger partial charge in [0.1, 0.15) is 5.75 Å². The van der Waals surface area contributed by atoms with E-state index in [1.165, 1.54) is 42.7 Å². The maximum Gasteiger partial charge on any atom is 0.387 e. The van der Waals surface area contributed by atoms with E-state index in [0.29, 0.717) is 23.7 Å². The molecule has 1 heterocycles. The molecule has 2 aromatic carbocycles. The number of alkyl halides is 2. The first-order valence-electron chi connectivity index (χ1n) is 13.9. The highest BCUT2D eigenvalue weighted by molar-refractivity contribution is 7.92. The van der Waals surface area contributed by atoms with Crippen molar-refractivity contribution in [2.24, 2.45) is 11.8 Å². The molecule has 236 valence electrons. The van der Waals surface area contributed by atoms with Gasteiger partial charge in [0.15, 0.2) is 11.5 Å². The number of benzene rings is 2. The van der Waals surface area contributed by atoms with Crippen LogP contribution in [0.25, 0.3) is 0 Å². The zero-order valence-corrected chi connectivity index (χ0v) is 25.9. The van der Waals surface area contributed by atoms with E-state index in [-0.39, 0.29) is 63.1 Å². The number of pyridine rings is 1. The fourth-order valence-corrected chi connectivity index (χ4v) is 5.91. The van der Waals surface area contributed by atoms with Gasteiger partial charge in [0, 0.05) is 23.9 Å². The fourth-order valence-electron chi connectivity index (χ4n) is 4.81. The van der Waals surface area contributed by atoms with Gasteiger partial charge in [-0.25, -0.2) is 13.2 Å². The standard InChI is InChI=1S/C30H30Cl2F2N2O7S/c1-44(39,40)36-28-25(41-14-16-2-3-16)9-7-19(29(37)38)27(28)20(11-21-22(31)12-35-13-23(21)32)18-6-8-24(43-30(33)34)26(10-18)42-15-17-4-5-17/h6-10,12-13,16-17,20,30,36H,2-5,11,14-15H2,1H3,(H,37,38). The van der Waals surface area contributed by atoms with Crippen LogP contribution in [0.3, 0.4) is 0 Å². The summed E-state index contributed by atoms with van der Waals surface area (Å²) < 4.78 is 71.0. The van der Waals surface area contributed by atoms with Crippen LogP contribution in [0.1, 0.15) is 58.6 Å². The van der Waals surface area contributed by atoms with E-state index >= 15 is 0 Å². The van der Waals surface area contributed by atoms with Gasteiger partial charge >= 0.3 is 12.6 Å². The lowest BCUT2D eigenvalue weighted by molar-refractivity contribution is -0.0515. The summed E-state index contributed by atoms with van der Waals surface area (Å²) in [4.78, 5) is 16.7. The molecule has 2 N–H and O–H groups in total. The van der Waals surface area contributed by atoms with Crippen LogP contribution in [0.5, 0.6) is 17.2 Å². The number of halogens is 4. The van der Waals surface area contributed by atoms with Crippen molar-refractivity contribution in [3.63, 3.8) is 0 Å². The maximum atomic E-state index is 13.3. The van der Waals surface area contributed by atoms with Crippen molar-refractivity contribution in [1.82, 2.24) is 4.98 Å². The Morgan fingerprint density at radius 2 is 1.59 bits per heavy atom. The number of aromatic carboxylic acids is 1. The van der Waals surface area contributed by atoms with Crippen LogP contribution in [-0.4, -0.2) is 50.6 Å². The Balaban J connectivity index is 1.73. The molecule has 0 aliphatic heterocycles. The molecule has 44 heavy (non-hydrogen) atoms. The third-order valence-corrected chi connectivity index (χ3v) is 8.59. The van der Waals surface area contributed by atoms with E-state index in [1.54, 1.807) is 0 Å². The van der Waals surface area contributed by atoms with Crippen molar-refractivity contribution in [2.75, 3.05) is 24.2 Å². The summed E-state index contributed by atoms with van der Waals surface area (Å²) in [5, 5.41) is 10.7. The molecule has 1 unspecified atom stereocenters. The molecular formula is C30H30Cl2F2N2O7S. The Bertz CT molecular complexity index is 1630. The van der Waals surface area contributed by atoms with E-state index < -0.39 is 28.5 Å². The van der Waals surface area contributed by atoms with E-state index in [2.05, 4.69) is 9.71 Å². The molecular weight excluding hydrogens is 641 g/mol. The fraction of sp³-hybridized carbons (Fsp3) is 0.400. The molecule has 0 spiro atoms. The van der Waals surface area contributed by atoms with Gasteiger partial charge in [0.25, 0.3) is 0 Å². The number of rotatable bonds is 15. The molecule has 5 rings (SSSR count). The summed E-state index contributed by atoms with van der Waals surface area (Å²) in [7, 11) is -3.95. The van der Waals surface area contributed by atoms with Crippen LogP contribution in [-0.2, 0) is 16.4 Å². The number of anilines is 1. The predicted octanol–water partition coefficient (Wildman–Crippen LogP) is 7.01. The van der Waals surface area contributed by atoms with Gasteiger partial charge in [-0.1, -0.05) is 29.3 Å². The van der Waals surface area contributed by atoms with Crippen LogP contribution in [0.4, 0.5) is 14.5 Å². The minimum atomic E-state index is -3.95. The van der Waals surface area contributed by atoms with E-state index in [4.69, 9.17) is 37.4 Å². The molecule has 0 radical (unpaired) electrons. The average molecular weight is 672 g/mol. The quantitative estimate of drug-likeness (QED) is 0.177. The van der Waals surface area contributed by atoms with Gasteiger partial charge in [-0.05, 0) is 79.3 Å².